The van der Waals surface area contributed by atoms with E-state index in [1.165, 1.54) is 30.6 Å². The van der Waals surface area contributed by atoms with Crippen molar-refractivity contribution < 1.29 is 0 Å². The van der Waals surface area contributed by atoms with Crippen LogP contribution < -0.4 is 5.32 Å². The quantitative estimate of drug-likeness (QED) is 0.722. The number of hydrogen-bond donors (Lipinski definition) is 1. The maximum atomic E-state index is 3.52. The van der Waals surface area contributed by atoms with Gasteiger partial charge >= 0.3 is 0 Å². The molecule has 2 heteroatoms. The van der Waals surface area contributed by atoms with Crippen LogP contribution in [0, 0.1) is 5.41 Å². The largest absolute Gasteiger partial charge is 0.315 e. The Labute approximate surface area is 117 Å². The molecule has 1 N–H and O–H groups in total. The summed E-state index contributed by atoms with van der Waals surface area (Å²) in [6.45, 7) is 12.6. The predicted molar refractivity (Wildman–Crippen MR) is 83.6 cm³/mol. The van der Waals surface area contributed by atoms with Crippen LogP contribution in [0.4, 0.5) is 0 Å². The lowest BCUT2D eigenvalue weighted by Gasteiger charge is -2.25. The van der Waals surface area contributed by atoms with Gasteiger partial charge in [-0.3, -0.25) is 0 Å². The van der Waals surface area contributed by atoms with Crippen molar-refractivity contribution in [1.82, 2.24) is 5.32 Å². The molecule has 0 aliphatic carbocycles. The molecule has 1 nitrogen and oxygen atoms in total. The minimum atomic E-state index is 0.443. The summed E-state index contributed by atoms with van der Waals surface area (Å²) in [7, 11) is 0. The maximum absolute atomic E-state index is 3.52. The first-order valence-electron chi connectivity index (χ1n) is 7.24. The third kappa shape index (κ3) is 6.01. The fourth-order valence-corrected chi connectivity index (χ4v) is 2.99. The van der Waals surface area contributed by atoms with E-state index in [0.29, 0.717) is 11.5 Å². The van der Waals surface area contributed by atoms with E-state index >= 15 is 0 Å². The molecular formula is C16H29NS. The van der Waals surface area contributed by atoms with Crippen molar-refractivity contribution in [1.29, 1.82) is 0 Å². The van der Waals surface area contributed by atoms with Gasteiger partial charge in [-0.2, -0.15) is 0 Å². The molecule has 0 unspecified atom stereocenters. The van der Waals surface area contributed by atoms with Crippen LogP contribution in [0.1, 0.15) is 57.2 Å². The molecule has 18 heavy (non-hydrogen) atoms. The van der Waals surface area contributed by atoms with Crippen LogP contribution in [0.25, 0.3) is 0 Å². The first-order valence-corrected chi connectivity index (χ1v) is 8.05. The zero-order valence-corrected chi connectivity index (χ0v) is 13.5. The van der Waals surface area contributed by atoms with Crippen LogP contribution in [0.5, 0.6) is 0 Å². The lowest BCUT2D eigenvalue weighted by Crippen LogP contribution is -2.27. The highest BCUT2D eigenvalue weighted by Gasteiger charge is 2.17. The molecule has 0 radical (unpaired) electrons. The summed E-state index contributed by atoms with van der Waals surface area (Å²) < 4.78 is 0. The van der Waals surface area contributed by atoms with Crippen molar-refractivity contribution in [2.24, 2.45) is 5.41 Å². The van der Waals surface area contributed by atoms with E-state index in [2.05, 4.69) is 52.1 Å². The Morgan fingerprint density at radius 2 is 1.83 bits per heavy atom. The molecule has 0 bridgehead atoms. The number of thiophene rings is 1. The van der Waals surface area contributed by atoms with Gasteiger partial charge in [0.1, 0.15) is 0 Å². The summed E-state index contributed by atoms with van der Waals surface area (Å²) in [5.74, 6) is 0. The van der Waals surface area contributed by atoms with Crippen LogP contribution >= 0.6 is 11.3 Å². The second-order valence-corrected chi connectivity index (χ2v) is 7.50. The van der Waals surface area contributed by atoms with Gasteiger partial charge in [0.2, 0.25) is 0 Å². The molecule has 1 rings (SSSR count). The van der Waals surface area contributed by atoms with E-state index in [1.54, 1.807) is 4.88 Å². The second kappa shape index (κ2) is 7.30. The summed E-state index contributed by atoms with van der Waals surface area (Å²) in [5.41, 5.74) is 0.443. The average Bonchev–Trinajstić information content (AvgIpc) is 2.73. The minimum absolute atomic E-state index is 0.443. The van der Waals surface area contributed by atoms with E-state index in [-0.39, 0.29) is 0 Å². The van der Waals surface area contributed by atoms with Crippen LogP contribution in [-0.2, 0) is 12.8 Å². The molecule has 0 aliphatic heterocycles. The van der Waals surface area contributed by atoms with Crippen molar-refractivity contribution >= 4 is 11.3 Å². The van der Waals surface area contributed by atoms with Gasteiger partial charge in [-0.25, -0.2) is 0 Å². The smallest absolute Gasteiger partial charge is 0.00483 e. The Bertz CT molecular complexity index is 339. The Kier molecular flexibility index (Phi) is 6.37. The number of aryl methyl sites for hydroxylation is 2. The van der Waals surface area contributed by atoms with Gasteiger partial charge in [0.15, 0.2) is 0 Å². The van der Waals surface area contributed by atoms with Gasteiger partial charge in [-0.05, 0) is 49.8 Å². The van der Waals surface area contributed by atoms with Gasteiger partial charge in [0.25, 0.3) is 0 Å². The van der Waals surface area contributed by atoms with Gasteiger partial charge in [-0.15, -0.1) is 11.3 Å². The van der Waals surface area contributed by atoms with Gasteiger partial charge in [-0.1, -0.05) is 34.6 Å². The standard InChI is InChI=1S/C16H29NS/c1-6-14-7-8-15(18-14)9-10-16(4,5)11-12-17-13(2)3/h7-8,13,17H,6,9-12H2,1-5H3. The zero-order valence-electron chi connectivity index (χ0n) is 12.7. The third-order valence-corrected chi connectivity index (χ3v) is 4.76. The number of rotatable bonds is 8. The van der Waals surface area contributed by atoms with Crippen LogP contribution in [-0.4, -0.2) is 12.6 Å². The van der Waals surface area contributed by atoms with Crippen LogP contribution in [0.15, 0.2) is 12.1 Å². The van der Waals surface area contributed by atoms with E-state index in [0.717, 1.165) is 6.54 Å². The van der Waals surface area contributed by atoms with Crippen molar-refractivity contribution in [3.63, 3.8) is 0 Å². The molecule has 1 aromatic rings. The lowest BCUT2D eigenvalue weighted by atomic mass is 9.84. The molecule has 1 heterocycles. The number of nitrogens with one attached hydrogen (secondary N) is 1. The van der Waals surface area contributed by atoms with Gasteiger partial charge in [0, 0.05) is 15.8 Å². The Hall–Kier alpha value is -0.340. The fraction of sp³-hybridized carbons (Fsp3) is 0.750. The van der Waals surface area contributed by atoms with Crippen molar-refractivity contribution in [2.45, 2.75) is 66.3 Å². The molecule has 0 saturated heterocycles. The molecule has 0 amide bonds. The highest BCUT2D eigenvalue weighted by Crippen LogP contribution is 2.28. The first kappa shape index (κ1) is 15.7. The van der Waals surface area contributed by atoms with Gasteiger partial charge < -0.3 is 5.32 Å². The molecular weight excluding hydrogens is 238 g/mol. The molecule has 0 aliphatic rings. The Morgan fingerprint density at radius 3 is 2.39 bits per heavy atom. The topological polar surface area (TPSA) is 12.0 Å². The highest BCUT2D eigenvalue weighted by atomic mass is 32.1. The second-order valence-electron chi connectivity index (χ2n) is 6.24. The molecule has 0 fully saturated rings. The summed E-state index contributed by atoms with van der Waals surface area (Å²) in [5, 5.41) is 3.52. The fourth-order valence-electron chi connectivity index (χ4n) is 2.03. The Morgan fingerprint density at radius 1 is 1.17 bits per heavy atom. The van der Waals surface area contributed by atoms with E-state index in [4.69, 9.17) is 0 Å². The molecule has 104 valence electrons. The first-order chi connectivity index (χ1) is 8.43. The molecule has 0 spiro atoms. The predicted octanol–water partition coefficient (Wildman–Crippen LogP) is 4.66. The summed E-state index contributed by atoms with van der Waals surface area (Å²) in [4.78, 5) is 3.07. The third-order valence-electron chi connectivity index (χ3n) is 3.47. The lowest BCUT2D eigenvalue weighted by molar-refractivity contribution is 0.299. The summed E-state index contributed by atoms with van der Waals surface area (Å²) >= 11 is 1.99. The molecule has 1 aromatic heterocycles. The Balaban J connectivity index is 2.31. The van der Waals surface area contributed by atoms with Crippen LogP contribution in [0.2, 0.25) is 0 Å². The van der Waals surface area contributed by atoms with Crippen molar-refractivity contribution in [3.05, 3.63) is 21.9 Å². The SMILES string of the molecule is CCc1ccc(CCC(C)(C)CCNC(C)C)s1. The highest BCUT2D eigenvalue weighted by molar-refractivity contribution is 7.11. The summed E-state index contributed by atoms with van der Waals surface area (Å²) in [6, 6.07) is 5.20. The average molecular weight is 267 g/mol. The molecule has 0 aromatic carbocycles. The molecule has 0 atom stereocenters. The van der Waals surface area contributed by atoms with Gasteiger partial charge in [0.05, 0.1) is 0 Å². The zero-order chi connectivity index (χ0) is 13.6. The minimum Gasteiger partial charge on any atom is -0.315 e. The van der Waals surface area contributed by atoms with Crippen molar-refractivity contribution in [3.8, 4) is 0 Å². The monoisotopic (exact) mass is 267 g/mol. The number of hydrogen-bond acceptors (Lipinski definition) is 2. The van der Waals surface area contributed by atoms with E-state index in [9.17, 15) is 0 Å². The normalized spacial score (nSPS) is 12.3. The summed E-state index contributed by atoms with van der Waals surface area (Å²) in [6.07, 6.45) is 4.96. The molecule has 0 saturated carbocycles. The maximum Gasteiger partial charge on any atom is 0.00483 e. The van der Waals surface area contributed by atoms with Crippen LogP contribution in [0.3, 0.4) is 0 Å². The van der Waals surface area contributed by atoms with Crippen molar-refractivity contribution in [2.75, 3.05) is 6.54 Å². The van der Waals surface area contributed by atoms with E-state index < -0.39 is 0 Å². The van der Waals surface area contributed by atoms with E-state index in [1.807, 2.05) is 11.3 Å².